The van der Waals surface area contributed by atoms with E-state index in [1.54, 1.807) is 6.07 Å². The summed E-state index contributed by atoms with van der Waals surface area (Å²) in [4.78, 5) is 16.8. The van der Waals surface area contributed by atoms with Gasteiger partial charge in [-0.1, -0.05) is 29.5 Å². The lowest BCUT2D eigenvalue weighted by Gasteiger charge is -2.08. The molecular weight excluding hydrogens is 282 g/mol. The number of carbonyl (C=O) groups is 1. The van der Waals surface area contributed by atoms with E-state index in [4.69, 9.17) is 5.73 Å². The number of hydrogen-bond acceptors (Lipinski definition) is 4. The first-order chi connectivity index (χ1) is 10.0. The summed E-state index contributed by atoms with van der Waals surface area (Å²) >= 11 is 1.46. The Kier molecular flexibility index (Phi) is 3.35. The van der Waals surface area contributed by atoms with E-state index in [-0.39, 0.29) is 5.91 Å². The number of nitrogens with zero attached hydrogens (tertiary/aromatic N) is 1. The summed E-state index contributed by atoms with van der Waals surface area (Å²) in [5.74, 6) is -0.182. The zero-order valence-electron chi connectivity index (χ0n) is 11.8. The molecule has 0 spiro atoms. The predicted octanol–water partition coefficient (Wildman–Crippen LogP) is 3.75. The quantitative estimate of drug-likeness (QED) is 0.708. The number of para-hydroxylation sites is 1. The standard InChI is InChI=1S/C16H15N3OS/c1-9-7-10(2)12(17)8-11(9)15(20)19-16-18-13-5-3-4-6-14(13)21-16/h3-8H,17H2,1-2H3,(H,18,19,20). The van der Waals surface area contributed by atoms with Gasteiger partial charge in [0.15, 0.2) is 5.13 Å². The molecule has 0 fully saturated rings. The van der Waals surface area contributed by atoms with Crippen LogP contribution < -0.4 is 11.1 Å². The smallest absolute Gasteiger partial charge is 0.257 e. The van der Waals surface area contributed by atoms with Gasteiger partial charge in [-0.15, -0.1) is 0 Å². The van der Waals surface area contributed by atoms with Gasteiger partial charge in [-0.25, -0.2) is 4.98 Å². The van der Waals surface area contributed by atoms with E-state index in [2.05, 4.69) is 10.3 Å². The second-order valence-corrected chi connectivity index (χ2v) is 6.00. The summed E-state index contributed by atoms with van der Waals surface area (Å²) in [7, 11) is 0. The molecule has 2 aromatic carbocycles. The number of hydrogen-bond donors (Lipinski definition) is 2. The summed E-state index contributed by atoms with van der Waals surface area (Å²) in [5.41, 5.74) is 9.86. The van der Waals surface area contributed by atoms with E-state index in [1.165, 1.54) is 11.3 Å². The van der Waals surface area contributed by atoms with Crippen LogP contribution in [0.4, 0.5) is 10.8 Å². The maximum Gasteiger partial charge on any atom is 0.257 e. The van der Waals surface area contributed by atoms with Gasteiger partial charge in [0.2, 0.25) is 0 Å². The number of rotatable bonds is 2. The molecule has 1 heterocycles. The first kappa shape index (κ1) is 13.6. The fourth-order valence-corrected chi connectivity index (χ4v) is 3.06. The fraction of sp³-hybridized carbons (Fsp3) is 0.125. The molecule has 0 saturated carbocycles. The Balaban J connectivity index is 1.91. The van der Waals surface area contributed by atoms with Crippen LogP contribution >= 0.6 is 11.3 Å². The average molecular weight is 297 g/mol. The summed E-state index contributed by atoms with van der Waals surface area (Å²) in [6, 6.07) is 11.4. The van der Waals surface area contributed by atoms with Crippen LogP contribution in [0.5, 0.6) is 0 Å². The number of anilines is 2. The minimum Gasteiger partial charge on any atom is -0.398 e. The third-order valence-electron chi connectivity index (χ3n) is 3.37. The molecule has 5 heteroatoms. The monoisotopic (exact) mass is 297 g/mol. The Morgan fingerprint density at radius 3 is 2.71 bits per heavy atom. The van der Waals surface area contributed by atoms with Crippen LogP contribution in [0.1, 0.15) is 21.5 Å². The largest absolute Gasteiger partial charge is 0.398 e. The molecular formula is C16H15N3OS. The lowest BCUT2D eigenvalue weighted by molar-refractivity contribution is 0.102. The van der Waals surface area contributed by atoms with E-state index in [1.807, 2.05) is 44.2 Å². The van der Waals surface area contributed by atoms with E-state index < -0.39 is 0 Å². The highest BCUT2D eigenvalue weighted by molar-refractivity contribution is 7.22. The number of aromatic nitrogens is 1. The second-order valence-electron chi connectivity index (χ2n) is 4.96. The molecule has 0 radical (unpaired) electrons. The lowest BCUT2D eigenvalue weighted by atomic mass is 10.0. The van der Waals surface area contributed by atoms with Crippen molar-refractivity contribution >= 4 is 38.3 Å². The van der Waals surface area contributed by atoms with Crippen molar-refractivity contribution in [3.8, 4) is 0 Å². The maximum absolute atomic E-state index is 12.4. The van der Waals surface area contributed by atoms with Crippen molar-refractivity contribution in [2.45, 2.75) is 13.8 Å². The molecule has 0 atom stereocenters. The SMILES string of the molecule is Cc1cc(C)c(C(=O)Nc2nc3ccccc3s2)cc1N. The van der Waals surface area contributed by atoms with Gasteiger partial charge in [-0.05, 0) is 43.2 Å². The number of aryl methyl sites for hydroxylation is 2. The van der Waals surface area contributed by atoms with Gasteiger partial charge in [-0.3, -0.25) is 10.1 Å². The van der Waals surface area contributed by atoms with Gasteiger partial charge in [0, 0.05) is 11.3 Å². The molecule has 3 rings (SSSR count). The molecule has 106 valence electrons. The molecule has 0 aliphatic heterocycles. The second kappa shape index (κ2) is 5.18. The molecule has 3 aromatic rings. The fourth-order valence-electron chi connectivity index (χ4n) is 2.20. The van der Waals surface area contributed by atoms with Crippen molar-refractivity contribution in [3.63, 3.8) is 0 Å². The number of nitrogens with one attached hydrogen (secondary N) is 1. The zero-order chi connectivity index (χ0) is 15.0. The summed E-state index contributed by atoms with van der Waals surface area (Å²) in [6.45, 7) is 3.83. The molecule has 0 aliphatic carbocycles. The van der Waals surface area contributed by atoms with Crippen LogP contribution in [-0.2, 0) is 0 Å². The highest BCUT2D eigenvalue weighted by Crippen LogP contribution is 2.26. The minimum absolute atomic E-state index is 0.182. The van der Waals surface area contributed by atoms with Crippen LogP contribution in [0.15, 0.2) is 36.4 Å². The summed E-state index contributed by atoms with van der Waals surface area (Å²) in [5, 5.41) is 3.45. The summed E-state index contributed by atoms with van der Waals surface area (Å²) in [6.07, 6.45) is 0. The first-order valence-electron chi connectivity index (χ1n) is 6.58. The number of nitrogens with two attached hydrogens (primary N) is 1. The van der Waals surface area contributed by atoms with Crippen LogP contribution in [0.25, 0.3) is 10.2 Å². The lowest BCUT2D eigenvalue weighted by Crippen LogP contribution is -2.14. The zero-order valence-corrected chi connectivity index (χ0v) is 12.6. The third kappa shape index (κ3) is 2.60. The average Bonchev–Trinajstić information content (AvgIpc) is 2.84. The van der Waals surface area contributed by atoms with E-state index in [0.29, 0.717) is 16.4 Å². The molecule has 0 saturated heterocycles. The predicted molar refractivity (Wildman–Crippen MR) is 87.9 cm³/mol. The maximum atomic E-state index is 12.4. The van der Waals surface area contributed by atoms with Gasteiger partial charge in [0.25, 0.3) is 5.91 Å². The molecule has 3 N–H and O–H groups in total. The minimum atomic E-state index is -0.182. The Morgan fingerprint density at radius 2 is 1.95 bits per heavy atom. The number of fused-ring (bicyclic) bond motifs is 1. The normalized spacial score (nSPS) is 10.8. The molecule has 1 amide bonds. The van der Waals surface area contributed by atoms with E-state index in [9.17, 15) is 4.79 Å². The van der Waals surface area contributed by atoms with Crippen molar-refractivity contribution in [1.29, 1.82) is 0 Å². The van der Waals surface area contributed by atoms with Crippen LogP contribution in [-0.4, -0.2) is 10.9 Å². The number of benzene rings is 2. The first-order valence-corrected chi connectivity index (χ1v) is 7.40. The van der Waals surface area contributed by atoms with E-state index in [0.717, 1.165) is 21.3 Å². The number of thiazole rings is 1. The van der Waals surface area contributed by atoms with Gasteiger partial charge >= 0.3 is 0 Å². The molecule has 21 heavy (non-hydrogen) atoms. The molecule has 0 bridgehead atoms. The van der Waals surface area contributed by atoms with Crippen LogP contribution in [0.3, 0.4) is 0 Å². The Labute approximate surface area is 126 Å². The van der Waals surface area contributed by atoms with Gasteiger partial charge < -0.3 is 5.73 Å². The molecule has 4 nitrogen and oxygen atoms in total. The highest BCUT2D eigenvalue weighted by Gasteiger charge is 2.13. The van der Waals surface area contributed by atoms with Crippen LogP contribution in [0.2, 0.25) is 0 Å². The summed E-state index contributed by atoms with van der Waals surface area (Å²) < 4.78 is 1.05. The van der Waals surface area contributed by atoms with Gasteiger partial charge in [0.1, 0.15) is 0 Å². The Morgan fingerprint density at radius 1 is 1.19 bits per heavy atom. The van der Waals surface area contributed by atoms with Gasteiger partial charge in [0.05, 0.1) is 10.2 Å². The van der Waals surface area contributed by atoms with E-state index >= 15 is 0 Å². The molecule has 0 unspecified atom stereocenters. The van der Waals surface area contributed by atoms with Crippen molar-refractivity contribution in [3.05, 3.63) is 53.1 Å². The topological polar surface area (TPSA) is 68.0 Å². The number of amides is 1. The van der Waals surface area contributed by atoms with Gasteiger partial charge in [-0.2, -0.15) is 0 Å². The molecule has 1 aromatic heterocycles. The van der Waals surface area contributed by atoms with Crippen molar-refractivity contribution in [2.24, 2.45) is 0 Å². The van der Waals surface area contributed by atoms with Crippen molar-refractivity contribution < 1.29 is 4.79 Å². The van der Waals surface area contributed by atoms with Crippen molar-refractivity contribution in [1.82, 2.24) is 4.98 Å². The third-order valence-corrected chi connectivity index (χ3v) is 4.32. The molecule has 0 aliphatic rings. The van der Waals surface area contributed by atoms with Crippen LogP contribution in [0, 0.1) is 13.8 Å². The number of nitrogen functional groups attached to an aromatic ring is 1. The Bertz CT molecular complexity index is 806. The number of carbonyl (C=O) groups excluding carboxylic acids is 1. The highest BCUT2D eigenvalue weighted by atomic mass is 32.1. The van der Waals surface area contributed by atoms with Crippen molar-refractivity contribution in [2.75, 3.05) is 11.1 Å². The Hall–Kier alpha value is -2.40.